The summed E-state index contributed by atoms with van der Waals surface area (Å²) in [6, 6.07) is 4.73. The van der Waals surface area contributed by atoms with E-state index >= 15 is 0 Å². The van der Waals surface area contributed by atoms with E-state index in [1.165, 1.54) is 11.8 Å². The fourth-order valence-electron chi connectivity index (χ4n) is 1.54. The minimum Gasteiger partial charge on any atom is -0.480 e. The Balaban J connectivity index is 2.24. The first-order chi connectivity index (χ1) is 7.59. The minimum absolute atomic E-state index is 0.151. The number of hydrogen-bond acceptors (Lipinski definition) is 3. The van der Waals surface area contributed by atoms with Gasteiger partial charge in [0.25, 0.3) is 0 Å². The van der Waals surface area contributed by atoms with Gasteiger partial charge in [-0.3, -0.25) is 10.1 Å². The highest BCUT2D eigenvalue weighted by Gasteiger charge is 2.32. The lowest BCUT2D eigenvalue weighted by atomic mass is 10.2. The highest BCUT2D eigenvalue weighted by Crippen LogP contribution is 2.40. The summed E-state index contributed by atoms with van der Waals surface area (Å²) in [7, 11) is 0. The summed E-state index contributed by atoms with van der Waals surface area (Å²) in [5.74, 6) is -0.333. The van der Waals surface area contributed by atoms with Gasteiger partial charge < -0.3 is 5.11 Å². The van der Waals surface area contributed by atoms with E-state index in [-0.39, 0.29) is 5.37 Å². The van der Waals surface area contributed by atoms with E-state index in [1.807, 2.05) is 0 Å². The Hall–Kier alpha value is -0.420. The molecule has 3 nitrogen and oxygen atoms in total. The second-order valence-electron chi connectivity index (χ2n) is 3.41. The Morgan fingerprint density at radius 2 is 2.06 bits per heavy atom. The van der Waals surface area contributed by atoms with Crippen LogP contribution in [0.2, 0.25) is 10.0 Å². The third-order valence-electron chi connectivity index (χ3n) is 2.34. The molecular weight excluding hydrogens is 269 g/mol. The summed E-state index contributed by atoms with van der Waals surface area (Å²) >= 11 is 13.6. The summed E-state index contributed by atoms with van der Waals surface area (Å²) in [5.41, 5.74) is 0.764. The van der Waals surface area contributed by atoms with Crippen molar-refractivity contribution < 1.29 is 9.90 Å². The van der Waals surface area contributed by atoms with Gasteiger partial charge in [-0.05, 0) is 12.1 Å². The third kappa shape index (κ3) is 2.30. The Kier molecular flexibility index (Phi) is 3.64. The molecular formula is C10H9Cl2NO2S. The van der Waals surface area contributed by atoms with Gasteiger partial charge in [0.1, 0.15) is 6.04 Å². The fraction of sp³-hybridized carbons (Fsp3) is 0.300. The molecule has 0 spiro atoms. The van der Waals surface area contributed by atoms with Crippen molar-refractivity contribution in [2.75, 3.05) is 5.75 Å². The van der Waals surface area contributed by atoms with Crippen LogP contribution in [0, 0.1) is 0 Å². The van der Waals surface area contributed by atoms with Crippen LogP contribution in [0.25, 0.3) is 0 Å². The molecule has 6 heteroatoms. The zero-order valence-electron chi connectivity index (χ0n) is 8.11. The average Bonchev–Trinajstić information content (AvgIpc) is 2.66. The smallest absolute Gasteiger partial charge is 0.321 e. The molecule has 2 rings (SSSR count). The molecule has 1 saturated heterocycles. The maximum absolute atomic E-state index is 10.8. The highest BCUT2D eigenvalue weighted by atomic mass is 35.5. The second kappa shape index (κ2) is 4.84. The molecule has 0 aromatic heterocycles. The number of carboxylic acids is 1. The van der Waals surface area contributed by atoms with E-state index in [2.05, 4.69) is 5.32 Å². The number of halogens is 2. The first-order valence-electron chi connectivity index (χ1n) is 4.64. The van der Waals surface area contributed by atoms with E-state index < -0.39 is 12.0 Å². The van der Waals surface area contributed by atoms with Crippen molar-refractivity contribution in [1.82, 2.24) is 5.32 Å². The van der Waals surface area contributed by atoms with Crippen molar-refractivity contribution in [3.05, 3.63) is 33.8 Å². The quantitative estimate of drug-likeness (QED) is 0.873. The predicted octanol–water partition coefficient (Wildman–Crippen LogP) is 2.78. The first kappa shape index (κ1) is 12.0. The van der Waals surface area contributed by atoms with Gasteiger partial charge in [0, 0.05) is 21.4 Å². The molecule has 1 heterocycles. The number of rotatable bonds is 2. The summed E-state index contributed by atoms with van der Waals surface area (Å²) < 4.78 is 0. The molecule has 2 N–H and O–H groups in total. The van der Waals surface area contributed by atoms with Crippen molar-refractivity contribution in [3.63, 3.8) is 0 Å². The van der Waals surface area contributed by atoms with E-state index in [0.717, 1.165) is 5.56 Å². The Labute approximate surface area is 107 Å². The fourth-order valence-corrected chi connectivity index (χ4v) is 3.59. The van der Waals surface area contributed by atoms with Gasteiger partial charge in [0.15, 0.2) is 0 Å². The molecule has 0 saturated carbocycles. The number of thioether (sulfide) groups is 1. The van der Waals surface area contributed by atoms with Crippen molar-refractivity contribution in [2.45, 2.75) is 11.4 Å². The maximum atomic E-state index is 10.8. The molecule has 0 amide bonds. The van der Waals surface area contributed by atoms with Gasteiger partial charge >= 0.3 is 5.97 Å². The molecule has 1 aliphatic heterocycles. The summed E-state index contributed by atoms with van der Waals surface area (Å²) in [6.07, 6.45) is 0. The van der Waals surface area contributed by atoms with Crippen molar-refractivity contribution in [2.24, 2.45) is 0 Å². The first-order valence-corrected chi connectivity index (χ1v) is 6.44. The molecule has 86 valence electrons. The number of benzene rings is 1. The largest absolute Gasteiger partial charge is 0.480 e. The summed E-state index contributed by atoms with van der Waals surface area (Å²) in [4.78, 5) is 10.8. The van der Waals surface area contributed by atoms with Crippen LogP contribution < -0.4 is 5.32 Å². The zero-order chi connectivity index (χ0) is 11.7. The third-order valence-corrected chi connectivity index (χ3v) is 4.23. The predicted molar refractivity (Wildman–Crippen MR) is 66.2 cm³/mol. The normalized spacial score (nSPS) is 24.6. The standard InChI is InChI=1S/C10H9Cl2NO2S/c11-5-2-1-3-6(12)8(5)9-13-7(4-16-9)10(14)15/h1-3,7,9,13H,4H2,(H,14,15)/t7-,9?/m0/s1. The maximum Gasteiger partial charge on any atom is 0.321 e. The van der Waals surface area contributed by atoms with Crippen LogP contribution in [-0.2, 0) is 4.79 Å². The molecule has 1 aromatic carbocycles. The van der Waals surface area contributed by atoms with Crippen LogP contribution >= 0.6 is 35.0 Å². The van der Waals surface area contributed by atoms with E-state index in [0.29, 0.717) is 15.8 Å². The molecule has 1 fully saturated rings. The topological polar surface area (TPSA) is 49.3 Å². The van der Waals surface area contributed by atoms with Crippen LogP contribution in [0.3, 0.4) is 0 Å². The van der Waals surface area contributed by atoms with E-state index in [1.54, 1.807) is 18.2 Å². The van der Waals surface area contributed by atoms with E-state index in [9.17, 15) is 4.79 Å². The van der Waals surface area contributed by atoms with Gasteiger partial charge in [-0.2, -0.15) is 0 Å². The Morgan fingerprint density at radius 3 is 2.56 bits per heavy atom. The number of hydrogen-bond donors (Lipinski definition) is 2. The molecule has 1 aromatic rings. The molecule has 0 radical (unpaired) electrons. The van der Waals surface area contributed by atoms with Crippen LogP contribution in [0.15, 0.2) is 18.2 Å². The van der Waals surface area contributed by atoms with Gasteiger partial charge in [-0.1, -0.05) is 29.3 Å². The van der Waals surface area contributed by atoms with Crippen LogP contribution in [0.1, 0.15) is 10.9 Å². The average molecular weight is 278 g/mol. The van der Waals surface area contributed by atoms with Crippen LogP contribution in [-0.4, -0.2) is 22.9 Å². The minimum atomic E-state index is -0.849. The monoisotopic (exact) mass is 277 g/mol. The number of carbonyl (C=O) groups is 1. The van der Waals surface area contributed by atoms with Gasteiger partial charge in [0.05, 0.1) is 5.37 Å². The van der Waals surface area contributed by atoms with Crippen LogP contribution in [0.5, 0.6) is 0 Å². The van der Waals surface area contributed by atoms with Crippen LogP contribution in [0.4, 0.5) is 0 Å². The number of carboxylic acid groups (broad SMARTS) is 1. The molecule has 2 atom stereocenters. The summed E-state index contributed by atoms with van der Waals surface area (Å²) in [5, 5.41) is 12.8. The Bertz CT molecular complexity index is 407. The van der Waals surface area contributed by atoms with Crippen molar-refractivity contribution >= 4 is 40.9 Å². The number of nitrogens with one attached hydrogen (secondary N) is 1. The zero-order valence-corrected chi connectivity index (χ0v) is 10.4. The van der Waals surface area contributed by atoms with Crippen molar-refractivity contribution in [1.29, 1.82) is 0 Å². The van der Waals surface area contributed by atoms with Gasteiger partial charge in [-0.25, -0.2) is 0 Å². The lowest BCUT2D eigenvalue weighted by molar-refractivity contribution is -0.138. The molecule has 0 bridgehead atoms. The van der Waals surface area contributed by atoms with Gasteiger partial charge in [0.2, 0.25) is 0 Å². The van der Waals surface area contributed by atoms with Gasteiger partial charge in [-0.15, -0.1) is 11.8 Å². The highest BCUT2D eigenvalue weighted by molar-refractivity contribution is 7.99. The lowest BCUT2D eigenvalue weighted by Crippen LogP contribution is -2.33. The lowest BCUT2D eigenvalue weighted by Gasteiger charge is -2.14. The molecule has 0 aliphatic carbocycles. The summed E-state index contributed by atoms with van der Waals surface area (Å²) in [6.45, 7) is 0. The molecule has 16 heavy (non-hydrogen) atoms. The molecule has 1 unspecified atom stereocenters. The van der Waals surface area contributed by atoms with Crippen molar-refractivity contribution in [3.8, 4) is 0 Å². The SMILES string of the molecule is O=C(O)[C@@H]1CSC(c2c(Cl)cccc2Cl)N1. The second-order valence-corrected chi connectivity index (χ2v) is 5.36. The molecule has 1 aliphatic rings. The Morgan fingerprint density at radius 1 is 1.44 bits per heavy atom. The van der Waals surface area contributed by atoms with E-state index in [4.69, 9.17) is 28.3 Å². The number of aliphatic carboxylic acids is 1.